The van der Waals surface area contributed by atoms with Crippen LogP contribution < -0.4 is 10.2 Å². The Morgan fingerprint density at radius 1 is 1.09 bits per heavy atom. The molecule has 4 heterocycles. The highest BCUT2D eigenvalue weighted by Crippen LogP contribution is 2.29. The number of aromatic nitrogens is 1. The van der Waals surface area contributed by atoms with E-state index in [2.05, 4.69) is 32.2 Å². The van der Waals surface area contributed by atoms with Gasteiger partial charge in [-0.3, -0.25) is 29.6 Å². The summed E-state index contributed by atoms with van der Waals surface area (Å²) in [5.41, 5.74) is 5.06. The first-order valence-corrected chi connectivity index (χ1v) is 11.1. The Balaban J connectivity index is 1.22. The largest absolute Gasteiger partial charge is 0.368 e. The molecule has 1 aromatic carbocycles. The Kier molecular flexibility index (Phi) is 5.38. The summed E-state index contributed by atoms with van der Waals surface area (Å²) in [6.45, 7) is 7.14. The molecule has 2 fully saturated rings. The van der Waals surface area contributed by atoms with Gasteiger partial charge in [-0.1, -0.05) is 12.1 Å². The van der Waals surface area contributed by atoms with Crippen LogP contribution in [0.15, 0.2) is 36.5 Å². The first-order valence-electron chi connectivity index (χ1n) is 11.1. The zero-order valence-corrected chi connectivity index (χ0v) is 18.2. The Morgan fingerprint density at radius 2 is 1.91 bits per heavy atom. The summed E-state index contributed by atoms with van der Waals surface area (Å²) >= 11 is 0. The lowest BCUT2D eigenvalue weighted by Crippen LogP contribution is -2.52. The fraction of sp³-hybridized carbons (Fsp3) is 0.417. The molecular formula is C24H27N5O3. The average molecular weight is 434 g/mol. The number of pyridine rings is 1. The maximum atomic E-state index is 12.9. The monoisotopic (exact) mass is 433 g/mol. The number of hydrogen-bond acceptors (Lipinski definition) is 6. The lowest BCUT2D eigenvalue weighted by Gasteiger charge is -2.36. The molecule has 8 nitrogen and oxygen atoms in total. The number of hydrogen-bond donors (Lipinski definition) is 1. The summed E-state index contributed by atoms with van der Waals surface area (Å²) in [5, 5.41) is 2.35. The van der Waals surface area contributed by atoms with Gasteiger partial charge in [0.25, 0.3) is 5.91 Å². The lowest BCUT2D eigenvalue weighted by molar-refractivity contribution is -0.136. The highest BCUT2D eigenvalue weighted by Gasteiger charge is 2.39. The van der Waals surface area contributed by atoms with Crippen LogP contribution in [0.5, 0.6) is 0 Å². The number of piperazine rings is 1. The zero-order chi connectivity index (χ0) is 22.2. The summed E-state index contributed by atoms with van der Waals surface area (Å²) in [5.74, 6) is -0.762. The van der Waals surface area contributed by atoms with Crippen molar-refractivity contribution in [2.75, 3.05) is 31.1 Å². The second kappa shape index (κ2) is 8.35. The number of carbonyl (C=O) groups is 3. The summed E-state index contributed by atoms with van der Waals surface area (Å²) in [4.78, 5) is 47.3. The van der Waals surface area contributed by atoms with Crippen LogP contribution in [0.1, 0.15) is 40.0 Å². The van der Waals surface area contributed by atoms with Crippen molar-refractivity contribution in [1.29, 1.82) is 0 Å². The highest BCUT2D eigenvalue weighted by atomic mass is 16.2. The molecule has 0 radical (unpaired) electrons. The van der Waals surface area contributed by atoms with Gasteiger partial charge in [0.15, 0.2) is 0 Å². The maximum Gasteiger partial charge on any atom is 0.255 e. The molecule has 0 bridgehead atoms. The van der Waals surface area contributed by atoms with E-state index < -0.39 is 6.04 Å². The number of amides is 3. The minimum atomic E-state index is -0.569. The Bertz CT molecular complexity index is 1080. The molecule has 0 aliphatic carbocycles. The van der Waals surface area contributed by atoms with Gasteiger partial charge >= 0.3 is 0 Å². The van der Waals surface area contributed by atoms with Crippen molar-refractivity contribution < 1.29 is 14.4 Å². The van der Waals surface area contributed by atoms with Crippen molar-refractivity contribution in [1.82, 2.24) is 20.1 Å². The molecule has 166 valence electrons. The second-order valence-corrected chi connectivity index (χ2v) is 8.76. The van der Waals surface area contributed by atoms with Crippen LogP contribution >= 0.6 is 0 Å². The van der Waals surface area contributed by atoms with Crippen LogP contribution in [0.2, 0.25) is 0 Å². The maximum absolute atomic E-state index is 12.9. The molecule has 3 aliphatic heterocycles. The van der Waals surface area contributed by atoms with Crippen LogP contribution in [-0.2, 0) is 22.7 Å². The Morgan fingerprint density at radius 3 is 2.66 bits per heavy atom. The van der Waals surface area contributed by atoms with E-state index in [-0.39, 0.29) is 24.1 Å². The quantitative estimate of drug-likeness (QED) is 0.735. The Hall–Kier alpha value is -3.26. The number of rotatable bonds is 4. The number of aryl methyl sites for hydroxylation is 1. The van der Waals surface area contributed by atoms with E-state index in [0.29, 0.717) is 18.5 Å². The fourth-order valence-electron chi connectivity index (χ4n) is 4.94. The highest BCUT2D eigenvalue weighted by molar-refractivity contribution is 6.05. The molecule has 0 spiro atoms. The molecule has 8 heteroatoms. The molecule has 32 heavy (non-hydrogen) atoms. The van der Waals surface area contributed by atoms with Crippen molar-refractivity contribution in [3.63, 3.8) is 0 Å². The molecule has 0 unspecified atom stereocenters. The predicted octanol–water partition coefficient (Wildman–Crippen LogP) is 1.47. The number of carbonyl (C=O) groups excluding carboxylic acids is 3. The first kappa shape index (κ1) is 20.6. The summed E-state index contributed by atoms with van der Waals surface area (Å²) in [6.07, 6.45) is 2.49. The van der Waals surface area contributed by atoms with Gasteiger partial charge in [0.1, 0.15) is 6.04 Å². The van der Waals surface area contributed by atoms with E-state index in [9.17, 15) is 14.4 Å². The molecule has 2 aromatic rings. The van der Waals surface area contributed by atoms with Gasteiger partial charge in [0.05, 0.1) is 11.4 Å². The number of anilines is 1. The molecule has 3 aliphatic rings. The normalized spacial score (nSPS) is 21.7. The number of benzene rings is 1. The van der Waals surface area contributed by atoms with E-state index >= 15 is 0 Å². The van der Waals surface area contributed by atoms with Crippen LogP contribution in [0, 0.1) is 6.92 Å². The molecule has 3 amide bonds. The topological polar surface area (TPSA) is 85.8 Å². The van der Waals surface area contributed by atoms with Crippen molar-refractivity contribution in [3.8, 4) is 0 Å². The van der Waals surface area contributed by atoms with E-state index in [1.165, 1.54) is 11.3 Å². The fourth-order valence-corrected chi connectivity index (χ4v) is 4.94. The first-order chi connectivity index (χ1) is 15.5. The number of fused-ring (bicyclic) bond motifs is 1. The molecular weight excluding hydrogens is 406 g/mol. The van der Waals surface area contributed by atoms with E-state index in [4.69, 9.17) is 0 Å². The average Bonchev–Trinajstić information content (AvgIpc) is 3.10. The molecule has 1 atom stereocenters. The smallest absolute Gasteiger partial charge is 0.255 e. The Labute approximate surface area is 187 Å². The third kappa shape index (κ3) is 3.86. The molecule has 2 saturated heterocycles. The summed E-state index contributed by atoms with van der Waals surface area (Å²) < 4.78 is 0. The van der Waals surface area contributed by atoms with E-state index in [1.54, 1.807) is 4.90 Å². The van der Waals surface area contributed by atoms with Gasteiger partial charge in [0, 0.05) is 57.4 Å². The third-order valence-electron chi connectivity index (χ3n) is 6.69. The molecule has 1 N–H and O–H groups in total. The lowest BCUT2D eigenvalue weighted by atomic mass is 10.0. The molecule has 0 saturated carbocycles. The number of piperidine rings is 1. The summed E-state index contributed by atoms with van der Waals surface area (Å²) in [6, 6.07) is 9.54. The van der Waals surface area contributed by atoms with Crippen LogP contribution in [-0.4, -0.2) is 64.7 Å². The van der Waals surface area contributed by atoms with Gasteiger partial charge in [-0.15, -0.1) is 0 Å². The number of nitrogens with one attached hydrogen (secondary N) is 1. The van der Waals surface area contributed by atoms with Crippen molar-refractivity contribution in [2.24, 2.45) is 0 Å². The van der Waals surface area contributed by atoms with Gasteiger partial charge < -0.3 is 9.80 Å². The summed E-state index contributed by atoms with van der Waals surface area (Å²) in [7, 11) is 0. The standard InChI is InChI=1S/C24H27N5O3/c1-16-20(3-2-8-25-16)28-11-9-27(10-12-28)14-17-4-5-19-18(13-17)15-29(24(19)32)21-6-7-22(30)26-23(21)31/h2-5,8,13,21H,6-7,9-12,14-15H2,1H3,(H,26,30,31)/t21-/m0/s1. The number of nitrogens with zero attached hydrogens (tertiary/aromatic N) is 4. The van der Waals surface area contributed by atoms with E-state index in [0.717, 1.165) is 44.0 Å². The van der Waals surface area contributed by atoms with Crippen LogP contribution in [0.25, 0.3) is 0 Å². The van der Waals surface area contributed by atoms with Crippen molar-refractivity contribution in [2.45, 2.75) is 38.9 Å². The number of imide groups is 1. The van der Waals surface area contributed by atoms with Crippen molar-refractivity contribution >= 4 is 23.4 Å². The van der Waals surface area contributed by atoms with Crippen LogP contribution in [0.4, 0.5) is 5.69 Å². The minimum Gasteiger partial charge on any atom is -0.368 e. The molecule has 5 rings (SSSR count). The zero-order valence-electron chi connectivity index (χ0n) is 18.2. The minimum absolute atomic E-state index is 0.124. The second-order valence-electron chi connectivity index (χ2n) is 8.76. The van der Waals surface area contributed by atoms with Crippen LogP contribution in [0.3, 0.4) is 0 Å². The van der Waals surface area contributed by atoms with Gasteiger partial charge in [0.2, 0.25) is 11.8 Å². The third-order valence-corrected chi connectivity index (χ3v) is 6.69. The van der Waals surface area contributed by atoms with Gasteiger partial charge in [-0.05, 0) is 42.7 Å². The predicted molar refractivity (Wildman–Crippen MR) is 119 cm³/mol. The molecule has 1 aromatic heterocycles. The SMILES string of the molecule is Cc1ncccc1N1CCN(Cc2ccc3c(c2)CN([C@H]2CCC(=O)NC2=O)C3=O)CC1. The van der Waals surface area contributed by atoms with E-state index in [1.807, 2.05) is 31.3 Å². The van der Waals surface area contributed by atoms with Gasteiger partial charge in [-0.2, -0.15) is 0 Å². The van der Waals surface area contributed by atoms with Gasteiger partial charge in [-0.25, -0.2) is 0 Å². The van der Waals surface area contributed by atoms with Crippen molar-refractivity contribution in [3.05, 3.63) is 58.9 Å².